The van der Waals surface area contributed by atoms with Gasteiger partial charge in [-0.25, -0.2) is 0 Å². The lowest BCUT2D eigenvalue weighted by Gasteiger charge is -2.44. The third-order valence-corrected chi connectivity index (χ3v) is 11.6. The lowest BCUT2D eigenvalue weighted by molar-refractivity contribution is -0.138. The van der Waals surface area contributed by atoms with Crippen molar-refractivity contribution in [3.8, 4) is 11.8 Å². The van der Waals surface area contributed by atoms with Crippen molar-refractivity contribution in [1.82, 2.24) is 15.1 Å². The Hall–Kier alpha value is -5.31. The Morgan fingerprint density at radius 2 is 1.71 bits per heavy atom. The highest BCUT2D eigenvalue weighted by molar-refractivity contribution is 7.81. The van der Waals surface area contributed by atoms with Crippen LogP contribution in [0.25, 0.3) is 0 Å². The molecule has 3 N–H and O–H groups in total. The summed E-state index contributed by atoms with van der Waals surface area (Å²) in [6.45, 7) is 12.3. The minimum atomic E-state index is -4.78. The molecule has 314 valence electrons. The van der Waals surface area contributed by atoms with Gasteiger partial charge in [0.05, 0.1) is 23.7 Å². The van der Waals surface area contributed by atoms with Crippen molar-refractivity contribution in [2.24, 2.45) is 0 Å². The highest BCUT2D eigenvalue weighted by Crippen LogP contribution is 2.43. The third-order valence-electron chi connectivity index (χ3n) is 11.1. The van der Waals surface area contributed by atoms with Crippen LogP contribution in [0.4, 0.5) is 35.9 Å². The number of carbonyl (C=O) groups is 4. The van der Waals surface area contributed by atoms with Crippen molar-refractivity contribution in [2.75, 3.05) is 53.2 Å². The Morgan fingerprint density at radius 1 is 1.02 bits per heavy atom. The van der Waals surface area contributed by atoms with E-state index >= 15 is 0 Å². The SMILES string of the molecule is CCc1cc(N2C(S)N(c3ccc(C#N)c(C(F)(F)F)c3)C(=O)C2(C)C)ccc1OCCN1C[C@@H](C)N(CC(=O)Nc2cccc(N[C@@H]3CCC(=O)NC3=O)c2)[C@@H](C)C1. The van der Waals surface area contributed by atoms with E-state index < -0.39 is 40.3 Å². The number of hydrogen-bond donors (Lipinski definition) is 4. The minimum Gasteiger partial charge on any atom is -0.492 e. The fourth-order valence-electron chi connectivity index (χ4n) is 8.09. The first-order valence-corrected chi connectivity index (χ1v) is 20.1. The number of nitrogens with one attached hydrogen (secondary N) is 3. The zero-order chi connectivity index (χ0) is 42.8. The van der Waals surface area contributed by atoms with Gasteiger partial charge in [-0.05, 0) is 101 Å². The van der Waals surface area contributed by atoms with E-state index in [1.54, 1.807) is 49.1 Å². The monoisotopic (exact) mass is 834 g/mol. The summed E-state index contributed by atoms with van der Waals surface area (Å²) in [5, 5.41) is 17.7. The Labute approximate surface area is 347 Å². The molecule has 13 nitrogen and oxygen atoms in total. The summed E-state index contributed by atoms with van der Waals surface area (Å²) in [5.74, 6) is -0.565. The van der Waals surface area contributed by atoms with Crippen LogP contribution in [0, 0.1) is 11.3 Å². The number of hydrogen-bond acceptors (Lipinski definition) is 11. The van der Waals surface area contributed by atoms with Crippen LogP contribution in [-0.4, -0.2) is 95.4 Å². The lowest BCUT2D eigenvalue weighted by Crippen LogP contribution is -2.58. The predicted molar refractivity (Wildman–Crippen MR) is 221 cm³/mol. The molecule has 0 aliphatic carbocycles. The van der Waals surface area contributed by atoms with Crippen LogP contribution in [-0.2, 0) is 31.8 Å². The molecule has 6 rings (SSSR count). The average Bonchev–Trinajstić information content (AvgIpc) is 3.35. The van der Waals surface area contributed by atoms with Crippen LogP contribution in [0.2, 0.25) is 0 Å². The van der Waals surface area contributed by atoms with Gasteiger partial charge in [-0.2, -0.15) is 18.4 Å². The number of ether oxygens (including phenoxy) is 1. The average molecular weight is 835 g/mol. The number of amides is 4. The number of imide groups is 1. The summed E-state index contributed by atoms with van der Waals surface area (Å²) in [6, 6.07) is 17.1. The largest absolute Gasteiger partial charge is 0.492 e. The van der Waals surface area contributed by atoms with Crippen molar-refractivity contribution >= 4 is 59.0 Å². The summed E-state index contributed by atoms with van der Waals surface area (Å²) in [4.78, 5) is 58.0. The first-order chi connectivity index (χ1) is 27.9. The maximum absolute atomic E-state index is 13.8. The number of nitrogens with zero attached hydrogens (tertiary/aromatic N) is 5. The van der Waals surface area contributed by atoms with E-state index in [9.17, 15) is 37.6 Å². The maximum Gasteiger partial charge on any atom is 0.417 e. The standard InChI is InChI=1S/C42H49F3N8O5S/c1-6-27-18-32(53-40(59)52(39(57)41(53,4)5)31-11-10-28(21-46)33(20-31)42(43,44)45)12-14-35(27)58-17-16-50-22-25(2)51(26(3)23-50)24-37(55)48-30-9-7-8-29(19-30)47-34-13-15-36(54)49-38(34)56/h7-12,14,18-20,25-26,34,40,47,59H,6,13,15-17,22-24H2,1-5H3,(H,48,55)(H,49,54,56)/t25-,26+,34-,40?/m1/s1. The van der Waals surface area contributed by atoms with Gasteiger partial charge < -0.3 is 20.3 Å². The Bertz CT molecular complexity index is 2130. The molecule has 3 aromatic rings. The number of thiol groups is 1. The van der Waals surface area contributed by atoms with Gasteiger partial charge in [-0.3, -0.25) is 39.2 Å². The van der Waals surface area contributed by atoms with Gasteiger partial charge in [-0.15, -0.1) is 12.6 Å². The summed E-state index contributed by atoms with van der Waals surface area (Å²) < 4.78 is 47.7. The number of carbonyl (C=O) groups excluding carboxylic acids is 4. The van der Waals surface area contributed by atoms with Gasteiger partial charge in [0.1, 0.15) is 23.9 Å². The molecule has 3 fully saturated rings. The quantitative estimate of drug-likeness (QED) is 0.134. The maximum atomic E-state index is 13.8. The van der Waals surface area contributed by atoms with Crippen molar-refractivity contribution < 1.29 is 37.1 Å². The smallest absolute Gasteiger partial charge is 0.417 e. The molecule has 3 aromatic carbocycles. The van der Waals surface area contributed by atoms with Gasteiger partial charge in [0.15, 0.2) is 5.50 Å². The summed E-state index contributed by atoms with van der Waals surface area (Å²) in [6.07, 6.45) is -3.50. The molecule has 3 aliphatic rings. The summed E-state index contributed by atoms with van der Waals surface area (Å²) >= 11 is 4.73. The van der Waals surface area contributed by atoms with Gasteiger partial charge in [0.25, 0.3) is 5.91 Å². The molecule has 59 heavy (non-hydrogen) atoms. The molecule has 1 unspecified atom stereocenters. The first-order valence-electron chi connectivity index (χ1n) is 19.6. The highest BCUT2D eigenvalue weighted by atomic mass is 32.1. The molecule has 0 aromatic heterocycles. The fraction of sp³-hybridized carbons (Fsp3) is 0.452. The highest BCUT2D eigenvalue weighted by Gasteiger charge is 2.52. The molecule has 3 saturated heterocycles. The van der Waals surface area contributed by atoms with E-state index in [1.165, 1.54) is 11.0 Å². The molecule has 17 heteroatoms. The third kappa shape index (κ3) is 9.45. The second-order valence-corrected chi connectivity index (χ2v) is 16.2. The molecule has 0 spiro atoms. The second-order valence-electron chi connectivity index (χ2n) is 15.7. The molecular weight excluding hydrogens is 786 g/mol. The van der Waals surface area contributed by atoms with Crippen molar-refractivity contribution in [1.29, 1.82) is 5.26 Å². The Morgan fingerprint density at radius 3 is 2.37 bits per heavy atom. The van der Waals surface area contributed by atoms with E-state index in [4.69, 9.17) is 17.4 Å². The number of nitriles is 1. The molecular formula is C42H49F3N8O5S. The lowest BCUT2D eigenvalue weighted by atomic mass is 10.0. The van der Waals surface area contributed by atoms with Crippen molar-refractivity contribution in [3.05, 3.63) is 77.4 Å². The van der Waals surface area contributed by atoms with E-state index in [2.05, 4.69) is 39.6 Å². The van der Waals surface area contributed by atoms with E-state index in [-0.39, 0.29) is 48.5 Å². The normalized spacial score (nSPS) is 22.5. The number of piperidine rings is 1. The van der Waals surface area contributed by atoms with Crippen LogP contribution in [0.1, 0.15) is 64.2 Å². The topological polar surface area (TPSA) is 150 Å². The summed E-state index contributed by atoms with van der Waals surface area (Å²) in [7, 11) is 0. The van der Waals surface area contributed by atoms with E-state index in [1.807, 2.05) is 25.1 Å². The van der Waals surface area contributed by atoms with Crippen LogP contribution in [0.3, 0.4) is 0 Å². The number of alkyl halides is 3. The molecule has 0 radical (unpaired) electrons. The molecule has 4 atom stereocenters. The van der Waals surface area contributed by atoms with Gasteiger partial charge in [-0.1, -0.05) is 13.0 Å². The zero-order valence-corrected chi connectivity index (χ0v) is 34.5. The predicted octanol–water partition coefficient (Wildman–Crippen LogP) is 5.61. The van der Waals surface area contributed by atoms with Crippen LogP contribution < -0.4 is 30.5 Å². The molecule has 0 saturated carbocycles. The summed E-state index contributed by atoms with van der Waals surface area (Å²) in [5.41, 5.74) is -0.955. The van der Waals surface area contributed by atoms with Crippen LogP contribution in [0.5, 0.6) is 5.75 Å². The van der Waals surface area contributed by atoms with Crippen LogP contribution >= 0.6 is 12.6 Å². The molecule has 0 bridgehead atoms. The number of aryl methyl sites for hydroxylation is 1. The fourth-order valence-corrected chi connectivity index (χ4v) is 8.75. The van der Waals surface area contributed by atoms with Gasteiger partial charge in [0, 0.05) is 60.9 Å². The first kappa shape index (κ1) is 43.3. The van der Waals surface area contributed by atoms with Crippen molar-refractivity contribution in [2.45, 2.75) is 89.2 Å². The minimum absolute atomic E-state index is 0.0100. The number of piperazine rings is 1. The van der Waals surface area contributed by atoms with Crippen molar-refractivity contribution in [3.63, 3.8) is 0 Å². The van der Waals surface area contributed by atoms with Gasteiger partial charge >= 0.3 is 6.18 Å². The molecule has 4 amide bonds. The number of benzene rings is 3. The molecule has 3 heterocycles. The second kappa shape index (κ2) is 17.5. The van der Waals surface area contributed by atoms with E-state index in [0.29, 0.717) is 48.8 Å². The van der Waals surface area contributed by atoms with E-state index in [0.717, 1.165) is 30.8 Å². The number of anilines is 4. The number of halogens is 3. The van der Waals surface area contributed by atoms with Crippen LogP contribution in [0.15, 0.2) is 60.7 Å². The number of rotatable bonds is 12. The Kier molecular flexibility index (Phi) is 12.8. The zero-order valence-electron chi connectivity index (χ0n) is 33.6. The van der Waals surface area contributed by atoms with Gasteiger partial charge in [0.2, 0.25) is 17.7 Å². The molecule has 3 aliphatic heterocycles. The Balaban J connectivity index is 1.03.